The standard InChI is InChI=1S/C17H24N4S.ClH/c1-2-21(13-16-10-19-17(18)22-16)15-8-9-20(12-15)11-14-6-4-3-5-7-14;/h3-7,10,15H,2,8-9,11-13H2,1H3,(H2,18,19);1H. The van der Waals surface area contributed by atoms with Crippen molar-refractivity contribution in [1.82, 2.24) is 14.8 Å². The highest BCUT2D eigenvalue weighted by Gasteiger charge is 2.27. The zero-order valence-electron chi connectivity index (χ0n) is 13.5. The Morgan fingerprint density at radius 2 is 2.13 bits per heavy atom. The van der Waals surface area contributed by atoms with Gasteiger partial charge in [0.15, 0.2) is 5.13 Å². The zero-order valence-corrected chi connectivity index (χ0v) is 15.2. The van der Waals surface area contributed by atoms with E-state index >= 15 is 0 Å². The van der Waals surface area contributed by atoms with Crippen molar-refractivity contribution < 1.29 is 0 Å². The maximum Gasteiger partial charge on any atom is 0.180 e. The number of aromatic nitrogens is 1. The van der Waals surface area contributed by atoms with Gasteiger partial charge in [0.25, 0.3) is 0 Å². The Balaban J connectivity index is 0.00000192. The van der Waals surface area contributed by atoms with Gasteiger partial charge < -0.3 is 5.73 Å². The van der Waals surface area contributed by atoms with E-state index in [1.165, 1.54) is 23.4 Å². The van der Waals surface area contributed by atoms with Crippen molar-refractivity contribution in [3.63, 3.8) is 0 Å². The van der Waals surface area contributed by atoms with Crippen LogP contribution in [0.1, 0.15) is 23.8 Å². The van der Waals surface area contributed by atoms with Crippen molar-refractivity contribution >= 4 is 28.9 Å². The molecule has 1 aromatic carbocycles. The molecule has 1 aromatic heterocycles. The number of nitrogens with zero attached hydrogens (tertiary/aromatic N) is 3. The molecule has 1 atom stereocenters. The molecule has 1 saturated heterocycles. The zero-order chi connectivity index (χ0) is 15.4. The van der Waals surface area contributed by atoms with E-state index in [9.17, 15) is 0 Å². The third-order valence-electron chi connectivity index (χ3n) is 4.35. The first-order chi connectivity index (χ1) is 10.7. The van der Waals surface area contributed by atoms with Crippen molar-refractivity contribution in [2.45, 2.75) is 32.5 Å². The third kappa shape index (κ3) is 4.91. The topological polar surface area (TPSA) is 45.4 Å². The molecule has 4 nitrogen and oxygen atoms in total. The van der Waals surface area contributed by atoms with Crippen LogP contribution in [-0.4, -0.2) is 40.5 Å². The van der Waals surface area contributed by atoms with Crippen LogP contribution in [0.4, 0.5) is 5.13 Å². The largest absolute Gasteiger partial charge is 0.375 e. The average Bonchev–Trinajstić information content (AvgIpc) is 3.15. The Labute approximate surface area is 148 Å². The van der Waals surface area contributed by atoms with Crippen LogP contribution in [0.2, 0.25) is 0 Å². The molecule has 1 aliphatic heterocycles. The summed E-state index contributed by atoms with van der Waals surface area (Å²) in [4.78, 5) is 10.5. The quantitative estimate of drug-likeness (QED) is 0.866. The van der Waals surface area contributed by atoms with E-state index in [0.29, 0.717) is 11.2 Å². The lowest BCUT2D eigenvalue weighted by Crippen LogP contribution is -2.36. The molecule has 3 rings (SSSR count). The summed E-state index contributed by atoms with van der Waals surface area (Å²) in [5.41, 5.74) is 7.14. The molecule has 1 aliphatic rings. The van der Waals surface area contributed by atoms with Gasteiger partial charge in [0, 0.05) is 43.3 Å². The molecule has 23 heavy (non-hydrogen) atoms. The molecule has 1 unspecified atom stereocenters. The van der Waals surface area contributed by atoms with Crippen LogP contribution in [0, 0.1) is 0 Å². The van der Waals surface area contributed by atoms with Gasteiger partial charge >= 0.3 is 0 Å². The number of halogens is 1. The van der Waals surface area contributed by atoms with Gasteiger partial charge in [-0.15, -0.1) is 23.7 Å². The van der Waals surface area contributed by atoms with Crippen molar-refractivity contribution in [3.05, 3.63) is 47.0 Å². The number of rotatable bonds is 6. The summed E-state index contributed by atoms with van der Waals surface area (Å²) < 4.78 is 0. The predicted molar refractivity (Wildman–Crippen MR) is 100.0 cm³/mol. The van der Waals surface area contributed by atoms with Crippen LogP contribution in [0.15, 0.2) is 36.5 Å². The second kappa shape index (κ2) is 8.64. The van der Waals surface area contributed by atoms with Gasteiger partial charge in [-0.05, 0) is 18.5 Å². The van der Waals surface area contributed by atoms with Crippen LogP contribution < -0.4 is 5.73 Å². The van der Waals surface area contributed by atoms with Gasteiger partial charge in [-0.3, -0.25) is 9.80 Å². The predicted octanol–water partition coefficient (Wildman–Crippen LogP) is 3.24. The first kappa shape index (κ1) is 18.2. The SMILES string of the molecule is CCN(Cc1cnc(N)s1)C1CCN(Cc2ccccc2)C1.Cl. The van der Waals surface area contributed by atoms with Gasteiger partial charge in [0.05, 0.1) is 0 Å². The minimum absolute atomic E-state index is 0. The average molecular weight is 353 g/mol. The Morgan fingerprint density at radius 3 is 2.78 bits per heavy atom. The molecular formula is C17H25ClN4S. The van der Waals surface area contributed by atoms with Gasteiger partial charge in [-0.2, -0.15) is 0 Å². The second-order valence-electron chi connectivity index (χ2n) is 5.89. The normalized spacial score (nSPS) is 18.3. The molecule has 6 heteroatoms. The summed E-state index contributed by atoms with van der Waals surface area (Å²) in [6.07, 6.45) is 3.16. The summed E-state index contributed by atoms with van der Waals surface area (Å²) in [6, 6.07) is 11.4. The first-order valence-electron chi connectivity index (χ1n) is 7.95. The Bertz CT molecular complexity index is 589. The molecule has 0 amide bonds. The van der Waals surface area contributed by atoms with E-state index in [0.717, 1.165) is 26.2 Å². The molecule has 0 spiro atoms. The third-order valence-corrected chi connectivity index (χ3v) is 5.16. The fraction of sp³-hybridized carbons (Fsp3) is 0.471. The molecule has 1 fully saturated rings. The van der Waals surface area contributed by atoms with E-state index < -0.39 is 0 Å². The second-order valence-corrected chi connectivity index (χ2v) is 7.04. The molecule has 0 saturated carbocycles. The monoisotopic (exact) mass is 352 g/mol. The number of anilines is 1. The lowest BCUT2D eigenvalue weighted by molar-refractivity contribution is 0.193. The minimum Gasteiger partial charge on any atom is -0.375 e. The van der Waals surface area contributed by atoms with Crippen LogP contribution in [0.3, 0.4) is 0 Å². The van der Waals surface area contributed by atoms with E-state index in [1.54, 1.807) is 11.3 Å². The van der Waals surface area contributed by atoms with E-state index in [2.05, 4.69) is 52.0 Å². The number of likely N-dealkylation sites (tertiary alicyclic amines) is 1. The summed E-state index contributed by atoms with van der Waals surface area (Å²) in [7, 11) is 0. The fourth-order valence-electron chi connectivity index (χ4n) is 3.19. The first-order valence-corrected chi connectivity index (χ1v) is 8.76. The highest BCUT2D eigenvalue weighted by Crippen LogP contribution is 2.22. The molecule has 2 heterocycles. The summed E-state index contributed by atoms with van der Waals surface area (Å²) in [6.45, 7) is 7.67. The Morgan fingerprint density at radius 1 is 1.35 bits per heavy atom. The highest BCUT2D eigenvalue weighted by molar-refractivity contribution is 7.15. The molecule has 0 bridgehead atoms. The number of nitrogen functional groups attached to an aromatic ring is 1. The van der Waals surface area contributed by atoms with Gasteiger partial charge in [-0.25, -0.2) is 4.98 Å². The van der Waals surface area contributed by atoms with E-state index in [-0.39, 0.29) is 12.4 Å². The molecule has 2 aromatic rings. The van der Waals surface area contributed by atoms with Crippen LogP contribution in [-0.2, 0) is 13.1 Å². The van der Waals surface area contributed by atoms with Gasteiger partial charge in [-0.1, -0.05) is 37.3 Å². The van der Waals surface area contributed by atoms with Crippen LogP contribution >= 0.6 is 23.7 Å². The van der Waals surface area contributed by atoms with Crippen molar-refractivity contribution in [3.8, 4) is 0 Å². The van der Waals surface area contributed by atoms with Crippen molar-refractivity contribution in [1.29, 1.82) is 0 Å². The summed E-state index contributed by atoms with van der Waals surface area (Å²) in [5, 5.41) is 0.670. The number of likely N-dealkylation sites (N-methyl/N-ethyl adjacent to an activating group) is 1. The summed E-state index contributed by atoms with van der Waals surface area (Å²) in [5.74, 6) is 0. The Kier molecular flexibility index (Phi) is 6.84. The van der Waals surface area contributed by atoms with Gasteiger partial charge in [0.1, 0.15) is 0 Å². The molecule has 0 aliphatic carbocycles. The van der Waals surface area contributed by atoms with Crippen LogP contribution in [0.5, 0.6) is 0 Å². The number of thiazole rings is 1. The fourth-order valence-corrected chi connectivity index (χ4v) is 3.90. The number of nitrogens with two attached hydrogens (primary N) is 1. The lowest BCUT2D eigenvalue weighted by Gasteiger charge is -2.27. The van der Waals surface area contributed by atoms with E-state index in [4.69, 9.17) is 5.73 Å². The van der Waals surface area contributed by atoms with Crippen molar-refractivity contribution in [2.75, 3.05) is 25.4 Å². The van der Waals surface area contributed by atoms with Crippen molar-refractivity contribution in [2.24, 2.45) is 0 Å². The highest BCUT2D eigenvalue weighted by atomic mass is 35.5. The number of hydrogen-bond donors (Lipinski definition) is 1. The minimum atomic E-state index is 0. The maximum atomic E-state index is 5.74. The Hall–Kier alpha value is -1.14. The van der Waals surface area contributed by atoms with Crippen LogP contribution in [0.25, 0.3) is 0 Å². The molecule has 0 radical (unpaired) electrons. The lowest BCUT2D eigenvalue weighted by atomic mass is 10.2. The molecular weight excluding hydrogens is 328 g/mol. The summed E-state index contributed by atoms with van der Waals surface area (Å²) >= 11 is 1.61. The smallest absolute Gasteiger partial charge is 0.180 e. The molecule has 126 valence electrons. The number of hydrogen-bond acceptors (Lipinski definition) is 5. The maximum absolute atomic E-state index is 5.74. The van der Waals surface area contributed by atoms with Gasteiger partial charge in [0.2, 0.25) is 0 Å². The number of benzene rings is 1. The van der Waals surface area contributed by atoms with E-state index in [1.807, 2.05) is 6.20 Å². The molecule has 2 N–H and O–H groups in total.